The van der Waals surface area contributed by atoms with Crippen molar-refractivity contribution < 1.29 is 4.43 Å². The first-order valence-corrected chi connectivity index (χ1v) is 7.10. The van der Waals surface area contributed by atoms with Crippen molar-refractivity contribution in [1.29, 1.82) is 0 Å². The summed E-state index contributed by atoms with van der Waals surface area (Å²) in [4.78, 5) is 0. The summed E-state index contributed by atoms with van der Waals surface area (Å²) in [5.41, 5.74) is 1.40. The van der Waals surface area contributed by atoms with Gasteiger partial charge in [0, 0.05) is 7.11 Å². The minimum absolute atomic E-state index is 0.267. The Morgan fingerprint density at radius 3 is 2.73 bits per heavy atom. The van der Waals surface area contributed by atoms with Crippen molar-refractivity contribution in [3.63, 3.8) is 0 Å². The second-order valence-electron chi connectivity index (χ2n) is 3.82. The van der Waals surface area contributed by atoms with Gasteiger partial charge in [-0.25, -0.2) is 0 Å². The molecule has 0 heterocycles. The lowest BCUT2D eigenvalue weighted by atomic mass is 9.97. The van der Waals surface area contributed by atoms with Gasteiger partial charge in [-0.2, -0.15) is 0 Å². The van der Waals surface area contributed by atoms with Crippen LogP contribution in [0.4, 0.5) is 0 Å². The fraction of sp³-hybridized carbons (Fsp3) is 0.385. The van der Waals surface area contributed by atoms with E-state index in [2.05, 4.69) is 43.0 Å². The number of rotatable bonds is 7. The van der Waals surface area contributed by atoms with Crippen molar-refractivity contribution in [2.24, 2.45) is 5.92 Å². The molecule has 0 fully saturated rings. The summed E-state index contributed by atoms with van der Waals surface area (Å²) >= 11 is 0. The molecule has 0 amide bonds. The summed E-state index contributed by atoms with van der Waals surface area (Å²) in [7, 11) is 1.54. The maximum atomic E-state index is 5.19. The second-order valence-corrected chi connectivity index (χ2v) is 5.51. The van der Waals surface area contributed by atoms with Crippen LogP contribution in [0.25, 0.3) is 0 Å². The molecule has 0 aliphatic rings. The molecule has 0 radical (unpaired) electrons. The average molecular weight is 220 g/mol. The quantitative estimate of drug-likeness (QED) is 0.390. The summed E-state index contributed by atoms with van der Waals surface area (Å²) < 4.78 is 5.19. The lowest BCUT2D eigenvalue weighted by molar-refractivity contribution is 0.436. The van der Waals surface area contributed by atoms with Crippen LogP contribution < -0.4 is 0 Å². The Morgan fingerprint density at radius 2 is 2.13 bits per heavy atom. The van der Waals surface area contributed by atoms with Crippen molar-refractivity contribution in [2.45, 2.75) is 18.9 Å². The number of hydrogen-bond acceptors (Lipinski definition) is 1. The lowest BCUT2D eigenvalue weighted by Gasteiger charge is -2.11. The molecular weight excluding hydrogens is 200 g/mol. The zero-order chi connectivity index (χ0) is 10.9. The number of hydrogen-bond donors (Lipinski definition) is 0. The molecule has 1 nitrogen and oxygen atoms in total. The van der Waals surface area contributed by atoms with Crippen LogP contribution in [0.15, 0.2) is 43.0 Å². The van der Waals surface area contributed by atoms with Crippen LogP contribution in [0.3, 0.4) is 0 Å². The molecule has 0 saturated carbocycles. The SMILES string of the molecule is C=CC(CC[SiH2]OC)Cc1ccccc1. The molecule has 1 aromatic carbocycles. The van der Waals surface area contributed by atoms with Crippen LogP contribution in [-0.4, -0.2) is 16.9 Å². The van der Waals surface area contributed by atoms with E-state index in [0.717, 1.165) is 6.42 Å². The number of benzene rings is 1. The number of allylic oxidation sites excluding steroid dienone is 1. The van der Waals surface area contributed by atoms with E-state index in [-0.39, 0.29) is 9.76 Å². The first-order chi connectivity index (χ1) is 7.36. The maximum Gasteiger partial charge on any atom is 0.161 e. The van der Waals surface area contributed by atoms with Gasteiger partial charge in [0.15, 0.2) is 9.76 Å². The van der Waals surface area contributed by atoms with Crippen LogP contribution in [0, 0.1) is 5.92 Å². The van der Waals surface area contributed by atoms with Gasteiger partial charge in [-0.3, -0.25) is 0 Å². The summed E-state index contributed by atoms with van der Waals surface area (Å²) in [6.45, 7) is 3.91. The molecule has 1 atom stereocenters. The van der Waals surface area contributed by atoms with Crippen LogP contribution in [0.5, 0.6) is 0 Å². The van der Waals surface area contributed by atoms with Gasteiger partial charge < -0.3 is 4.43 Å². The molecular formula is C13H20OSi. The Hall–Kier alpha value is -0.863. The van der Waals surface area contributed by atoms with Crippen molar-refractivity contribution in [3.8, 4) is 0 Å². The van der Waals surface area contributed by atoms with Crippen LogP contribution in [0.2, 0.25) is 6.04 Å². The highest BCUT2D eigenvalue weighted by Gasteiger charge is 2.05. The predicted octanol–water partition coefficient (Wildman–Crippen LogP) is 2.57. The van der Waals surface area contributed by atoms with Crippen LogP contribution in [-0.2, 0) is 10.8 Å². The van der Waals surface area contributed by atoms with Gasteiger partial charge >= 0.3 is 0 Å². The van der Waals surface area contributed by atoms with Crippen molar-refractivity contribution >= 4 is 9.76 Å². The normalized spacial score (nSPS) is 13.1. The molecule has 1 aromatic rings. The minimum Gasteiger partial charge on any atom is -0.427 e. The Bertz CT molecular complexity index is 271. The fourth-order valence-electron chi connectivity index (χ4n) is 1.71. The van der Waals surface area contributed by atoms with E-state index in [1.54, 1.807) is 0 Å². The summed E-state index contributed by atoms with van der Waals surface area (Å²) in [5.74, 6) is 0.607. The van der Waals surface area contributed by atoms with E-state index in [4.69, 9.17) is 4.43 Å². The molecule has 1 rings (SSSR count). The van der Waals surface area contributed by atoms with E-state index in [9.17, 15) is 0 Å². The molecule has 0 N–H and O–H groups in total. The predicted molar refractivity (Wildman–Crippen MR) is 68.8 cm³/mol. The highest BCUT2D eigenvalue weighted by atomic mass is 28.2. The molecule has 15 heavy (non-hydrogen) atoms. The highest BCUT2D eigenvalue weighted by molar-refractivity contribution is 6.26. The first-order valence-electron chi connectivity index (χ1n) is 5.52. The summed E-state index contributed by atoms with van der Waals surface area (Å²) in [6, 6.07) is 11.9. The Morgan fingerprint density at radius 1 is 1.40 bits per heavy atom. The maximum absolute atomic E-state index is 5.19. The van der Waals surface area contributed by atoms with Gasteiger partial charge in [-0.05, 0) is 30.4 Å². The minimum atomic E-state index is -0.267. The zero-order valence-corrected chi connectivity index (χ0v) is 10.9. The fourth-order valence-corrected chi connectivity index (χ4v) is 2.69. The zero-order valence-electron chi connectivity index (χ0n) is 9.49. The molecule has 1 unspecified atom stereocenters. The molecule has 0 aliphatic heterocycles. The third kappa shape index (κ3) is 4.95. The standard InChI is InChI=1S/C13H20OSi/c1-3-12(9-10-15-14-2)11-13-7-5-4-6-8-13/h3-8,12H,1,9-11,15H2,2H3. The smallest absolute Gasteiger partial charge is 0.161 e. The molecule has 0 bridgehead atoms. The molecule has 0 aliphatic carbocycles. The van der Waals surface area contributed by atoms with E-state index < -0.39 is 0 Å². The van der Waals surface area contributed by atoms with Crippen molar-refractivity contribution in [2.75, 3.05) is 7.11 Å². The van der Waals surface area contributed by atoms with Gasteiger partial charge in [0.25, 0.3) is 0 Å². The molecule has 82 valence electrons. The molecule has 0 aromatic heterocycles. The van der Waals surface area contributed by atoms with Gasteiger partial charge in [-0.1, -0.05) is 36.4 Å². The van der Waals surface area contributed by atoms with E-state index >= 15 is 0 Å². The second kappa shape index (κ2) is 7.43. The van der Waals surface area contributed by atoms with Crippen molar-refractivity contribution in [1.82, 2.24) is 0 Å². The van der Waals surface area contributed by atoms with Crippen LogP contribution in [0.1, 0.15) is 12.0 Å². The van der Waals surface area contributed by atoms with Gasteiger partial charge in [-0.15, -0.1) is 6.58 Å². The van der Waals surface area contributed by atoms with E-state index in [1.807, 2.05) is 7.11 Å². The van der Waals surface area contributed by atoms with Gasteiger partial charge in [0.2, 0.25) is 0 Å². The summed E-state index contributed by atoms with van der Waals surface area (Å²) in [6.07, 6.45) is 4.41. The van der Waals surface area contributed by atoms with E-state index in [0.29, 0.717) is 5.92 Å². The van der Waals surface area contributed by atoms with Crippen LogP contribution >= 0.6 is 0 Å². The van der Waals surface area contributed by atoms with Gasteiger partial charge in [0.05, 0.1) is 0 Å². The Labute approximate surface area is 95.1 Å². The molecule has 2 heteroatoms. The Kier molecular flexibility index (Phi) is 6.05. The topological polar surface area (TPSA) is 9.23 Å². The lowest BCUT2D eigenvalue weighted by Crippen LogP contribution is -2.03. The highest BCUT2D eigenvalue weighted by Crippen LogP contribution is 2.15. The molecule has 0 saturated heterocycles. The first kappa shape index (κ1) is 12.2. The summed E-state index contributed by atoms with van der Waals surface area (Å²) in [5, 5.41) is 0. The largest absolute Gasteiger partial charge is 0.427 e. The third-order valence-corrected chi connectivity index (χ3v) is 3.70. The van der Waals surface area contributed by atoms with E-state index in [1.165, 1.54) is 18.0 Å². The third-order valence-electron chi connectivity index (χ3n) is 2.60. The molecule has 0 spiro atoms. The average Bonchev–Trinajstić information content (AvgIpc) is 2.29. The van der Waals surface area contributed by atoms with Gasteiger partial charge in [0.1, 0.15) is 0 Å². The monoisotopic (exact) mass is 220 g/mol. The Balaban J connectivity index is 2.37. The van der Waals surface area contributed by atoms with Crippen molar-refractivity contribution in [3.05, 3.63) is 48.6 Å².